The van der Waals surface area contributed by atoms with Crippen LogP contribution in [0.3, 0.4) is 0 Å². The van der Waals surface area contributed by atoms with Crippen LogP contribution < -0.4 is 5.90 Å². The number of rotatable bonds is 5. The maximum atomic E-state index is 11.2. The lowest BCUT2D eigenvalue weighted by molar-refractivity contribution is -0.178. The Hall–Kier alpha value is -0.650. The molecule has 0 aliphatic rings. The Labute approximate surface area is 70.2 Å². The lowest BCUT2D eigenvalue weighted by Crippen LogP contribution is -2.32. The Morgan fingerprint density at radius 3 is 3.00 bits per heavy atom. The summed E-state index contributed by atoms with van der Waals surface area (Å²) >= 11 is 0. The molecule has 0 aliphatic carbocycles. The Morgan fingerprint density at radius 1 is 1.82 bits per heavy atom. The molecule has 2 N–H and O–H groups in total. The third-order valence-electron chi connectivity index (χ3n) is 1.06. The lowest BCUT2D eigenvalue weighted by atomic mass is 10.5. The molecular formula is C6H14N2O3. The summed E-state index contributed by atoms with van der Waals surface area (Å²) in [6.45, 7) is -2.11. The molecule has 1 amide bonds. The van der Waals surface area contributed by atoms with Gasteiger partial charge in [0.2, 0.25) is 5.91 Å². The van der Waals surface area contributed by atoms with Crippen molar-refractivity contribution in [3.63, 3.8) is 0 Å². The van der Waals surface area contributed by atoms with Crippen molar-refractivity contribution in [3.8, 4) is 0 Å². The van der Waals surface area contributed by atoms with Crippen molar-refractivity contribution in [1.82, 2.24) is 5.06 Å². The summed E-state index contributed by atoms with van der Waals surface area (Å²) < 4.78 is 20.6. The second kappa shape index (κ2) is 6.09. The van der Waals surface area contributed by atoms with Crippen molar-refractivity contribution in [2.45, 2.75) is 13.3 Å². The van der Waals surface area contributed by atoms with E-state index in [4.69, 9.17) is 10.0 Å². The van der Waals surface area contributed by atoms with E-state index in [1.165, 1.54) is 7.11 Å². The van der Waals surface area contributed by atoms with E-state index < -0.39 is 19.2 Å². The van der Waals surface area contributed by atoms with E-state index in [1.54, 1.807) is 0 Å². The van der Waals surface area contributed by atoms with Crippen LogP contribution in [0.4, 0.5) is 0 Å². The summed E-state index contributed by atoms with van der Waals surface area (Å²) in [5, 5.41) is 0.902. The summed E-state index contributed by atoms with van der Waals surface area (Å²) in [6.07, 6.45) is -0.564. The molecule has 0 aromatic heterocycles. The first-order valence-electron chi connectivity index (χ1n) is 4.57. The molecule has 0 heterocycles. The van der Waals surface area contributed by atoms with Crippen LogP contribution in [0.15, 0.2) is 0 Å². The molecule has 0 bridgehead atoms. The molecule has 0 spiro atoms. The van der Waals surface area contributed by atoms with Crippen molar-refractivity contribution < 1.29 is 18.6 Å². The fourth-order valence-corrected chi connectivity index (χ4v) is 0.542. The van der Waals surface area contributed by atoms with Gasteiger partial charge in [0, 0.05) is 10.5 Å². The van der Waals surface area contributed by atoms with Crippen LogP contribution in [0.5, 0.6) is 0 Å². The number of nitrogens with two attached hydrogens (primary N) is 1. The zero-order valence-corrected chi connectivity index (χ0v) is 6.37. The highest BCUT2D eigenvalue weighted by molar-refractivity contribution is 5.74. The third-order valence-corrected chi connectivity index (χ3v) is 1.06. The quantitative estimate of drug-likeness (QED) is 0.449. The second-order valence-corrected chi connectivity index (χ2v) is 1.73. The lowest BCUT2D eigenvalue weighted by Gasteiger charge is -2.17. The van der Waals surface area contributed by atoms with Gasteiger partial charge >= 0.3 is 0 Å². The topological polar surface area (TPSA) is 64.8 Å². The standard InChI is InChI=1S/C6H14N2O3/c1-3-6(9)8(10-2)4-5-11-7/h3-5,7H2,1-2H3/i1+1D3. The zero-order valence-electron chi connectivity index (χ0n) is 9.37. The number of hydrogen-bond acceptors (Lipinski definition) is 4. The average molecular weight is 166 g/mol. The SMILES string of the molecule is [2H][13C]([2H])([2H])CC(=O)N(CCON)OC. The summed E-state index contributed by atoms with van der Waals surface area (Å²) in [5.41, 5.74) is 0. The van der Waals surface area contributed by atoms with Crippen LogP contribution in [0.2, 0.25) is 0 Å². The van der Waals surface area contributed by atoms with Gasteiger partial charge in [0.25, 0.3) is 0 Å². The molecule has 0 saturated carbocycles. The van der Waals surface area contributed by atoms with Crippen LogP contribution >= 0.6 is 0 Å². The highest BCUT2D eigenvalue weighted by atomic mass is 16.7. The largest absolute Gasteiger partial charge is 0.303 e. The van der Waals surface area contributed by atoms with Crippen LogP contribution in [0, 0.1) is 0 Å². The van der Waals surface area contributed by atoms with Gasteiger partial charge in [-0.05, 0) is 0 Å². The molecular weight excluding hydrogens is 149 g/mol. The first kappa shape index (κ1) is 5.93. The number of carbonyl (C=O) groups is 1. The number of amides is 1. The highest BCUT2D eigenvalue weighted by Gasteiger charge is 2.09. The minimum atomic E-state index is -2.29. The Bertz CT molecular complexity index is 186. The first-order chi connectivity index (χ1) is 6.40. The number of hydrogen-bond donors (Lipinski definition) is 1. The highest BCUT2D eigenvalue weighted by Crippen LogP contribution is 1.92. The summed E-state index contributed by atoms with van der Waals surface area (Å²) in [7, 11) is 1.27. The van der Waals surface area contributed by atoms with E-state index in [1.807, 2.05) is 0 Å². The molecule has 11 heavy (non-hydrogen) atoms. The van der Waals surface area contributed by atoms with Gasteiger partial charge in [0.05, 0.1) is 20.3 Å². The minimum absolute atomic E-state index is 0.0839. The predicted molar refractivity (Wildman–Crippen MR) is 39.2 cm³/mol. The number of hydroxylamine groups is 2. The van der Waals surface area contributed by atoms with E-state index >= 15 is 0 Å². The Kier molecular flexibility index (Phi) is 3.28. The Morgan fingerprint density at radius 2 is 2.55 bits per heavy atom. The summed E-state index contributed by atoms with van der Waals surface area (Å²) in [6, 6.07) is 0. The van der Waals surface area contributed by atoms with Crippen molar-refractivity contribution in [1.29, 1.82) is 0 Å². The molecule has 0 fully saturated rings. The molecule has 0 rings (SSSR count). The van der Waals surface area contributed by atoms with Gasteiger partial charge < -0.3 is 4.84 Å². The molecule has 5 heteroatoms. The average Bonchev–Trinajstić information content (AvgIpc) is 2.02. The number of nitrogens with zero attached hydrogens (tertiary/aromatic N) is 1. The van der Waals surface area contributed by atoms with Gasteiger partial charge in [-0.15, -0.1) is 0 Å². The maximum absolute atomic E-state index is 11.2. The Balaban J connectivity index is 4.04. The minimum Gasteiger partial charge on any atom is -0.303 e. The van der Waals surface area contributed by atoms with E-state index in [2.05, 4.69) is 9.68 Å². The molecule has 5 nitrogen and oxygen atoms in total. The van der Waals surface area contributed by atoms with Crippen LogP contribution in [-0.4, -0.2) is 31.2 Å². The first-order valence-corrected chi connectivity index (χ1v) is 3.07. The molecule has 0 atom stereocenters. The predicted octanol–water partition coefficient (Wildman–Crippen LogP) is -0.323. The third kappa shape index (κ3) is 3.92. The fourth-order valence-electron chi connectivity index (χ4n) is 0.542. The molecule has 0 saturated heterocycles. The molecule has 0 aliphatic heterocycles. The molecule has 0 radical (unpaired) electrons. The van der Waals surface area contributed by atoms with Crippen LogP contribution in [-0.2, 0) is 14.5 Å². The zero-order chi connectivity index (χ0) is 11.2. The van der Waals surface area contributed by atoms with Gasteiger partial charge in [-0.25, -0.2) is 11.0 Å². The van der Waals surface area contributed by atoms with Gasteiger partial charge in [-0.2, -0.15) is 0 Å². The summed E-state index contributed by atoms with van der Waals surface area (Å²) in [5.74, 6) is 4.13. The molecule has 0 aromatic carbocycles. The van der Waals surface area contributed by atoms with Gasteiger partial charge in [0.1, 0.15) is 0 Å². The molecule has 66 valence electrons. The normalized spacial score (nSPS) is 14.9. The van der Waals surface area contributed by atoms with Gasteiger partial charge in [-0.3, -0.25) is 9.63 Å². The smallest absolute Gasteiger partial charge is 0.245 e. The molecule has 0 aromatic rings. The maximum Gasteiger partial charge on any atom is 0.245 e. The second-order valence-electron chi connectivity index (χ2n) is 1.73. The molecule has 0 unspecified atom stereocenters. The van der Waals surface area contributed by atoms with E-state index in [0.717, 1.165) is 5.06 Å². The van der Waals surface area contributed by atoms with E-state index in [0.29, 0.717) is 0 Å². The fraction of sp³-hybridized carbons (Fsp3) is 0.833. The monoisotopic (exact) mass is 166 g/mol. The van der Waals surface area contributed by atoms with Crippen molar-refractivity contribution in [3.05, 3.63) is 0 Å². The number of carbonyl (C=O) groups excluding carboxylic acids is 1. The van der Waals surface area contributed by atoms with Crippen LogP contribution in [0.25, 0.3) is 0 Å². The van der Waals surface area contributed by atoms with Crippen LogP contribution in [0.1, 0.15) is 17.4 Å². The van der Waals surface area contributed by atoms with E-state index in [-0.39, 0.29) is 13.2 Å². The van der Waals surface area contributed by atoms with E-state index in [9.17, 15) is 4.79 Å². The van der Waals surface area contributed by atoms with Gasteiger partial charge in [-0.1, -0.05) is 6.85 Å². The van der Waals surface area contributed by atoms with Gasteiger partial charge in [0.15, 0.2) is 0 Å². The summed E-state index contributed by atoms with van der Waals surface area (Å²) in [4.78, 5) is 20.1. The van der Waals surface area contributed by atoms with Crippen molar-refractivity contribution >= 4 is 5.91 Å². The van der Waals surface area contributed by atoms with Crippen molar-refractivity contribution in [2.75, 3.05) is 20.3 Å². The van der Waals surface area contributed by atoms with Crippen molar-refractivity contribution in [2.24, 2.45) is 5.90 Å².